The molecule has 18 heavy (non-hydrogen) atoms. The Bertz CT molecular complexity index is 372. The molecule has 0 spiro atoms. The van der Waals surface area contributed by atoms with Gasteiger partial charge >= 0.3 is 0 Å². The van der Waals surface area contributed by atoms with E-state index in [0.29, 0.717) is 5.92 Å². The maximum Gasteiger partial charge on any atom is 0.0323 e. The van der Waals surface area contributed by atoms with Crippen molar-refractivity contribution < 1.29 is 0 Å². The lowest BCUT2D eigenvalue weighted by molar-refractivity contribution is 0.230. The fourth-order valence-electron chi connectivity index (χ4n) is 3.32. The molecule has 0 aliphatic heterocycles. The first kappa shape index (κ1) is 13.6. The Balaban J connectivity index is 2.07. The Hall–Kier alpha value is -0.820. The molecular formula is C17H27N. The zero-order valence-corrected chi connectivity index (χ0v) is 11.9. The fourth-order valence-corrected chi connectivity index (χ4v) is 3.32. The molecule has 1 saturated carbocycles. The molecule has 0 radical (unpaired) electrons. The summed E-state index contributed by atoms with van der Waals surface area (Å²) in [6, 6.07) is 9.12. The van der Waals surface area contributed by atoms with Crippen LogP contribution in [0.2, 0.25) is 0 Å². The molecule has 1 aromatic carbocycles. The van der Waals surface area contributed by atoms with Gasteiger partial charge in [0.2, 0.25) is 0 Å². The first-order chi connectivity index (χ1) is 8.74. The van der Waals surface area contributed by atoms with E-state index in [1.54, 1.807) is 0 Å². The SMILES string of the molecule is CCc1cccc(C(N)C2CCCC(CC)C2)c1. The highest BCUT2D eigenvalue weighted by molar-refractivity contribution is 5.26. The Morgan fingerprint density at radius 3 is 2.83 bits per heavy atom. The number of hydrogen-bond donors (Lipinski definition) is 1. The third kappa shape index (κ3) is 3.14. The van der Waals surface area contributed by atoms with Gasteiger partial charge in [-0.3, -0.25) is 0 Å². The summed E-state index contributed by atoms with van der Waals surface area (Å²) in [6.45, 7) is 4.52. The van der Waals surface area contributed by atoms with Crippen molar-refractivity contribution in [2.24, 2.45) is 17.6 Å². The minimum absolute atomic E-state index is 0.242. The van der Waals surface area contributed by atoms with Gasteiger partial charge < -0.3 is 5.73 Å². The molecule has 2 N–H and O–H groups in total. The minimum Gasteiger partial charge on any atom is -0.324 e. The third-order valence-electron chi connectivity index (χ3n) is 4.65. The van der Waals surface area contributed by atoms with Crippen molar-refractivity contribution in [3.05, 3.63) is 35.4 Å². The van der Waals surface area contributed by atoms with Crippen LogP contribution in [0.3, 0.4) is 0 Å². The second-order valence-corrected chi connectivity index (χ2v) is 5.83. The van der Waals surface area contributed by atoms with Crippen LogP contribution in [0.1, 0.15) is 63.1 Å². The number of hydrogen-bond acceptors (Lipinski definition) is 1. The van der Waals surface area contributed by atoms with Crippen molar-refractivity contribution in [3.63, 3.8) is 0 Å². The van der Waals surface area contributed by atoms with Crippen LogP contribution < -0.4 is 5.73 Å². The summed E-state index contributed by atoms with van der Waals surface area (Å²) >= 11 is 0. The normalized spacial score (nSPS) is 25.9. The number of benzene rings is 1. The van der Waals surface area contributed by atoms with Gasteiger partial charge in [0, 0.05) is 6.04 Å². The van der Waals surface area contributed by atoms with Gasteiger partial charge in [0.05, 0.1) is 0 Å². The fraction of sp³-hybridized carbons (Fsp3) is 0.647. The predicted molar refractivity (Wildman–Crippen MR) is 78.5 cm³/mol. The van der Waals surface area contributed by atoms with Gasteiger partial charge in [-0.25, -0.2) is 0 Å². The second-order valence-electron chi connectivity index (χ2n) is 5.83. The highest BCUT2D eigenvalue weighted by Crippen LogP contribution is 2.37. The molecule has 3 unspecified atom stereocenters. The smallest absolute Gasteiger partial charge is 0.0323 e. The van der Waals surface area contributed by atoms with Gasteiger partial charge in [-0.1, -0.05) is 57.4 Å². The molecule has 0 aromatic heterocycles. The second kappa shape index (κ2) is 6.38. The van der Waals surface area contributed by atoms with Gasteiger partial charge in [-0.15, -0.1) is 0 Å². The van der Waals surface area contributed by atoms with Crippen LogP contribution in [0.25, 0.3) is 0 Å². The number of aryl methyl sites for hydroxylation is 1. The molecule has 0 saturated heterocycles. The molecule has 1 heteroatoms. The summed E-state index contributed by atoms with van der Waals surface area (Å²) < 4.78 is 0. The van der Waals surface area contributed by atoms with Crippen LogP contribution in [0, 0.1) is 11.8 Å². The molecule has 3 atom stereocenters. The largest absolute Gasteiger partial charge is 0.324 e. The maximum absolute atomic E-state index is 6.51. The lowest BCUT2D eigenvalue weighted by atomic mass is 9.75. The Labute approximate surface area is 112 Å². The molecular weight excluding hydrogens is 218 g/mol. The molecule has 1 aliphatic rings. The molecule has 2 rings (SSSR count). The molecule has 0 amide bonds. The predicted octanol–water partition coefficient (Wildman–Crippen LogP) is 4.47. The van der Waals surface area contributed by atoms with E-state index in [-0.39, 0.29) is 6.04 Å². The first-order valence-electron chi connectivity index (χ1n) is 7.59. The third-order valence-corrected chi connectivity index (χ3v) is 4.65. The lowest BCUT2D eigenvalue weighted by Crippen LogP contribution is -2.26. The van der Waals surface area contributed by atoms with Crippen LogP contribution in [0.15, 0.2) is 24.3 Å². The molecule has 1 aliphatic carbocycles. The van der Waals surface area contributed by atoms with Gasteiger partial charge in [-0.2, -0.15) is 0 Å². The summed E-state index contributed by atoms with van der Waals surface area (Å²) in [5.41, 5.74) is 9.26. The summed E-state index contributed by atoms with van der Waals surface area (Å²) in [5.74, 6) is 1.60. The Morgan fingerprint density at radius 2 is 2.11 bits per heavy atom. The van der Waals surface area contributed by atoms with Crippen LogP contribution in [-0.4, -0.2) is 0 Å². The van der Waals surface area contributed by atoms with Crippen molar-refractivity contribution in [2.45, 2.75) is 58.4 Å². The van der Waals surface area contributed by atoms with Crippen molar-refractivity contribution in [1.82, 2.24) is 0 Å². The van der Waals surface area contributed by atoms with E-state index in [0.717, 1.165) is 12.3 Å². The maximum atomic E-state index is 6.51. The van der Waals surface area contributed by atoms with Crippen molar-refractivity contribution >= 4 is 0 Å². The summed E-state index contributed by atoms with van der Waals surface area (Å²) in [7, 11) is 0. The zero-order valence-electron chi connectivity index (χ0n) is 11.9. The van der Waals surface area contributed by atoms with Gasteiger partial charge in [0.1, 0.15) is 0 Å². The van der Waals surface area contributed by atoms with Crippen molar-refractivity contribution in [1.29, 1.82) is 0 Å². The van der Waals surface area contributed by atoms with Crippen molar-refractivity contribution in [3.8, 4) is 0 Å². The molecule has 1 fully saturated rings. The molecule has 100 valence electrons. The van der Waals surface area contributed by atoms with Crippen LogP contribution in [0.5, 0.6) is 0 Å². The Kier molecular flexibility index (Phi) is 4.82. The first-order valence-corrected chi connectivity index (χ1v) is 7.59. The molecule has 1 aromatic rings. The summed E-state index contributed by atoms with van der Waals surface area (Å²) in [5, 5.41) is 0. The average Bonchev–Trinajstić information content (AvgIpc) is 2.46. The highest BCUT2D eigenvalue weighted by Gasteiger charge is 2.26. The van der Waals surface area contributed by atoms with Crippen LogP contribution in [0.4, 0.5) is 0 Å². The van der Waals surface area contributed by atoms with E-state index in [1.807, 2.05) is 0 Å². The number of nitrogens with two attached hydrogens (primary N) is 1. The summed E-state index contributed by atoms with van der Waals surface area (Å²) in [4.78, 5) is 0. The lowest BCUT2D eigenvalue weighted by Gasteiger charge is -2.32. The Morgan fingerprint density at radius 1 is 1.28 bits per heavy atom. The van der Waals surface area contributed by atoms with E-state index >= 15 is 0 Å². The monoisotopic (exact) mass is 245 g/mol. The van der Waals surface area contributed by atoms with Gasteiger partial charge in [0.25, 0.3) is 0 Å². The van der Waals surface area contributed by atoms with E-state index in [1.165, 1.54) is 43.2 Å². The van der Waals surface area contributed by atoms with E-state index in [4.69, 9.17) is 5.73 Å². The number of rotatable bonds is 4. The van der Waals surface area contributed by atoms with E-state index < -0.39 is 0 Å². The van der Waals surface area contributed by atoms with Gasteiger partial charge in [0.15, 0.2) is 0 Å². The average molecular weight is 245 g/mol. The topological polar surface area (TPSA) is 26.0 Å². The molecule has 0 bridgehead atoms. The van der Waals surface area contributed by atoms with E-state index in [9.17, 15) is 0 Å². The quantitative estimate of drug-likeness (QED) is 0.832. The van der Waals surface area contributed by atoms with Crippen molar-refractivity contribution in [2.75, 3.05) is 0 Å². The van der Waals surface area contributed by atoms with Crippen LogP contribution >= 0.6 is 0 Å². The highest BCUT2D eigenvalue weighted by atomic mass is 14.7. The standard InChI is InChI=1S/C17H27N/c1-3-13-7-5-9-15(11-13)17(18)16-10-6-8-14(4-2)12-16/h5,7,9,11,14,16-17H,3-4,6,8,10,12,18H2,1-2H3. The zero-order chi connectivity index (χ0) is 13.0. The van der Waals surface area contributed by atoms with Gasteiger partial charge in [-0.05, 0) is 42.2 Å². The van der Waals surface area contributed by atoms with Crippen LogP contribution in [-0.2, 0) is 6.42 Å². The molecule has 1 nitrogen and oxygen atoms in total. The summed E-state index contributed by atoms with van der Waals surface area (Å²) in [6.07, 6.45) is 7.84. The molecule has 0 heterocycles. The minimum atomic E-state index is 0.242. The van der Waals surface area contributed by atoms with E-state index in [2.05, 4.69) is 38.1 Å².